The summed E-state index contributed by atoms with van der Waals surface area (Å²) in [5, 5.41) is 2.68. The molecule has 0 spiro atoms. The largest absolute Gasteiger partial charge is 0.398 e. The van der Waals surface area contributed by atoms with Crippen LogP contribution >= 0.6 is 0 Å². The van der Waals surface area contributed by atoms with Gasteiger partial charge in [0, 0.05) is 12.2 Å². The van der Waals surface area contributed by atoms with Gasteiger partial charge in [-0.25, -0.2) is 8.78 Å². The number of carbonyl (C=O) groups excluding carboxylic acids is 1. The summed E-state index contributed by atoms with van der Waals surface area (Å²) in [6.45, 7) is 2.17. The molecule has 2 aromatic carbocycles. The van der Waals surface area contributed by atoms with Crippen molar-refractivity contribution < 1.29 is 13.6 Å². The van der Waals surface area contributed by atoms with Gasteiger partial charge in [-0.3, -0.25) is 4.79 Å². The third-order valence-corrected chi connectivity index (χ3v) is 3.24. The van der Waals surface area contributed by atoms with E-state index in [2.05, 4.69) is 5.32 Å². The fourth-order valence-corrected chi connectivity index (χ4v) is 2.07. The molecule has 3 nitrogen and oxygen atoms in total. The van der Waals surface area contributed by atoms with E-state index in [0.717, 1.165) is 17.2 Å². The first kappa shape index (κ1) is 15.0. The minimum absolute atomic E-state index is 0.117. The zero-order valence-electron chi connectivity index (χ0n) is 11.6. The second kappa shape index (κ2) is 6.35. The number of anilines is 1. The highest BCUT2D eigenvalue weighted by Gasteiger charge is 2.10. The van der Waals surface area contributed by atoms with E-state index in [1.54, 1.807) is 6.07 Å². The van der Waals surface area contributed by atoms with E-state index >= 15 is 0 Å². The number of benzene rings is 2. The van der Waals surface area contributed by atoms with Crippen LogP contribution in [-0.2, 0) is 6.42 Å². The van der Waals surface area contributed by atoms with Gasteiger partial charge in [-0.15, -0.1) is 0 Å². The Morgan fingerprint density at radius 1 is 1.14 bits per heavy atom. The Balaban J connectivity index is 1.97. The maximum Gasteiger partial charge on any atom is 0.253 e. The van der Waals surface area contributed by atoms with Crippen LogP contribution in [-0.4, -0.2) is 12.5 Å². The first-order valence-corrected chi connectivity index (χ1v) is 6.55. The number of rotatable bonds is 4. The topological polar surface area (TPSA) is 55.1 Å². The van der Waals surface area contributed by atoms with Crippen molar-refractivity contribution in [2.24, 2.45) is 0 Å². The number of halogens is 2. The van der Waals surface area contributed by atoms with Crippen LogP contribution in [0.25, 0.3) is 0 Å². The third-order valence-electron chi connectivity index (χ3n) is 3.24. The Labute approximate surface area is 121 Å². The van der Waals surface area contributed by atoms with Crippen molar-refractivity contribution in [3.63, 3.8) is 0 Å². The van der Waals surface area contributed by atoms with Crippen molar-refractivity contribution in [1.82, 2.24) is 5.32 Å². The first-order valence-electron chi connectivity index (χ1n) is 6.55. The summed E-state index contributed by atoms with van der Waals surface area (Å²) < 4.78 is 26.1. The van der Waals surface area contributed by atoms with Gasteiger partial charge in [0.1, 0.15) is 11.6 Å². The van der Waals surface area contributed by atoms with Crippen molar-refractivity contribution in [2.45, 2.75) is 13.3 Å². The van der Waals surface area contributed by atoms with E-state index in [-0.39, 0.29) is 17.1 Å². The molecule has 0 aliphatic heterocycles. The van der Waals surface area contributed by atoms with Crippen molar-refractivity contribution >= 4 is 11.6 Å². The predicted octanol–water partition coefficient (Wildman–Crippen LogP) is 2.83. The molecule has 5 heteroatoms. The van der Waals surface area contributed by atoms with Crippen molar-refractivity contribution in [2.75, 3.05) is 12.3 Å². The van der Waals surface area contributed by atoms with Crippen molar-refractivity contribution in [1.29, 1.82) is 0 Å². The van der Waals surface area contributed by atoms with Crippen LogP contribution in [0.15, 0.2) is 36.4 Å². The number of carbonyl (C=O) groups is 1. The lowest BCUT2D eigenvalue weighted by Crippen LogP contribution is -2.26. The van der Waals surface area contributed by atoms with Crippen LogP contribution in [0.4, 0.5) is 14.5 Å². The average molecular weight is 290 g/mol. The second-order valence-electron chi connectivity index (χ2n) is 4.81. The van der Waals surface area contributed by atoms with Crippen LogP contribution in [0.3, 0.4) is 0 Å². The molecular weight excluding hydrogens is 274 g/mol. The lowest BCUT2D eigenvalue weighted by molar-refractivity contribution is 0.0954. The fraction of sp³-hybridized carbons (Fsp3) is 0.188. The maximum atomic E-state index is 13.1. The SMILES string of the molecule is Cc1cc(F)ccc1CCNC(=O)c1cc(F)ccc1N. The summed E-state index contributed by atoms with van der Waals surface area (Å²) in [6.07, 6.45) is 0.563. The summed E-state index contributed by atoms with van der Waals surface area (Å²) in [5.74, 6) is -1.22. The smallest absolute Gasteiger partial charge is 0.253 e. The highest BCUT2D eigenvalue weighted by atomic mass is 19.1. The molecule has 0 radical (unpaired) electrons. The standard InChI is InChI=1S/C16H16F2N2O/c1-10-8-12(17)3-2-11(10)6-7-20-16(21)14-9-13(18)4-5-15(14)19/h2-5,8-9H,6-7,19H2,1H3,(H,20,21). The first-order chi connectivity index (χ1) is 9.97. The molecule has 110 valence electrons. The average Bonchev–Trinajstić information content (AvgIpc) is 2.43. The van der Waals surface area contributed by atoms with Crippen LogP contribution in [0.5, 0.6) is 0 Å². The summed E-state index contributed by atoms with van der Waals surface area (Å²) >= 11 is 0. The number of nitrogen functional groups attached to an aromatic ring is 1. The number of hydrogen-bond acceptors (Lipinski definition) is 2. The Kier molecular flexibility index (Phi) is 4.52. The van der Waals surface area contributed by atoms with Gasteiger partial charge in [-0.2, -0.15) is 0 Å². The van der Waals surface area contributed by atoms with Gasteiger partial charge in [0.15, 0.2) is 0 Å². The van der Waals surface area contributed by atoms with Crippen LogP contribution in [0.1, 0.15) is 21.5 Å². The quantitative estimate of drug-likeness (QED) is 0.851. The molecule has 1 amide bonds. The molecule has 3 N–H and O–H groups in total. The minimum atomic E-state index is -0.510. The predicted molar refractivity (Wildman–Crippen MR) is 78.0 cm³/mol. The van der Waals surface area contributed by atoms with Crippen molar-refractivity contribution in [3.8, 4) is 0 Å². The van der Waals surface area contributed by atoms with Gasteiger partial charge < -0.3 is 11.1 Å². The Hall–Kier alpha value is -2.43. The molecular formula is C16H16F2N2O. The van der Waals surface area contributed by atoms with E-state index < -0.39 is 11.7 Å². The molecule has 0 atom stereocenters. The van der Waals surface area contributed by atoms with Gasteiger partial charge in [-0.05, 0) is 54.8 Å². The zero-order chi connectivity index (χ0) is 15.4. The van der Waals surface area contributed by atoms with Gasteiger partial charge in [-0.1, -0.05) is 6.07 Å². The van der Waals surface area contributed by atoms with Crippen LogP contribution in [0, 0.1) is 18.6 Å². The molecule has 0 aliphatic rings. The highest BCUT2D eigenvalue weighted by Crippen LogP contribution is 2.13. The van der Waals surface area contributed by atoms with Crippen molar-refractivity contribution in [3.05, 3.63) is 64.7 Å². The van der Waals surface area contributed by atoms with Gasteiger partial charge >= 0.3 is 0 Å². The molecule has 0 unspecified atom stereocenters. The number of nitrogens with two attached hydrogens (primary N) is 1. The van der Waals surface area contributed by atoms with Gasteiger partial charge in [0.2, 0.25) is 0 Å². The van der Waals surface area contributed by atoms with E-state index in [4.69, 9.17) is 5.73 Å². The molecule has 0 saturated carbocycles. The van der Waals surface area contributed by atoms with E-state index in [1.165, 1.54) is 24.3 Å². The second-order valence-corrected chi connectivity index (χ2v) is 4.81. The molecule has 0 fully saturated rings. The highest BCUT2D eigenvalue weighted by molar-refractivity contribution is 5.99. The minimum Gasteiger partial charge on any atom is -0.398 e. The van der Waals surface area contributed by atoms with E-state index in [0.29, 0.717) is 13.0 Å². The molecule has 2 rings (SSSR count). The van der Waals surface area contributed by atoms with E-state index in [1.807, 2.05) is 6.92 Å². The molecule has 0 aromatic heterocycles. The summed E-state index contributed by atoms with van der Waals surface area (Å²) in [6, 6.07) is 8.18. The number of amides is 1. The Bertz CT molecular complexity index is 671. The molecule has 0 saturated heterocycles. The molecule has 0 bridgehead atoms. The third kappa shape index (κ3) is 3.78. The molecule has 0 aliphatic carbocycles. The Morgan fingerprint density at radius 2 is 1.81 bits per heavy atom. The van der Waals surface area contributed by atoms with Crippen LogP contribution in [0.2, 0.25) is 0 Å². The summed E-state index contributed by atoms with van der Waals surface area (Å²) in [5.41, 5.74) is 7.77. The summed E-state index contributed by atoms with van der Waals surface area (Å²) in [4.78, 5) is 11.9. The molecule has 21 heavy (non-hydrogen) atoms. The number of nitrogens with one attached hydrogen (secondary N) is 1. The van der Waals surface area contributed by atoms with Crippen LogP contribution < -0.4 is 11.1 Å². The number of aryl methyl sites for hydroxylation is 1. The zero-order valence-corrected chi connectivity index (χ0v) is 11.6. The van der Waals surface area contributed by atoms with Gasteiger partial charge in [0.05, 0.1) is 5.56 Å². The number of hydrogen-bond donors (Lipinski definition) is 2. The lowest BCUT2D eigenvalue weighted by Gasteiger charge is -2.09. The molecule has 2 aromatic rings. The maximum absolute atomic E-state index is 13.1. The lowest BCUT2D eigenvalue weighted by atomic mass is 10.1. The van der Waals surface area contributed by atoms with Gasteiger partial charge in [0.25, 0.3) is 5.91 Å². The Morgan fingerprint density at radius 3 is 2.52 bits per heavy atom. The fourth-order valence-electron chi connectivity index (χ4n) is 2.07. The normalized spacial score (nSPS) is 10.4. The summed E-state index contributed by atoms with van der Waals surface area (Å²) in [7, 11) is 0. The monoisotopic (exact) mass is 290 g/mol. The molecule has 0 heterocycles. The van der Waals surface area contributed by atoms with E-state index in [9.17, 15) is 13.6 Å².